The van der Waals surface area contributed by atoms with Gasteiger partial charge in [-0.15, -0.1) is 0 Å². The van der Waals surface area contributed by atoms with Crippen LogP contribution in [0.25, 0.3) is 0 Å². The molecule has 0 unspecified atom stereocenters. The summed E-state index contributed by atoms with van der Waals surface area (Å²) in [4.78, 5) is 41.3. The van der Waals surface area contributed by atoms with E-state index in [0.29, 0.717) is 0 Å². The Hall–Kier alpha value is -3.14. The summed E-state index contributed by atoms with van der Waals surface area (Å²) in [6.07, 6.45) is -4.14. The number of carboxylic acids is 2. The third kappa shape index (κ3) is 10.5. The van der Waals surface area contributed by atoms with E-state index in [1.165, 1.54) is 0 Å². The van der Waals surface area contributed by atoms with E-state index in [9.17, 15) is 31.1 Å². The van der Waals surface area contributed by atoms with E-state index >= 15 is 0 Å². The number of hydrogen-bond donors (Lipinski definition) is 2. The molecule has 0 radical (unpaired) electrons. The molecule has 0 atom stereocenters. The van der Waals surface area contributed by atoms with Gasteiger partial charge in [-0.1, -0.05) is 6.07 Å². The molecule has 1 spiro atoms. The van der Waals surface area contributed by atoms with Crippen LogP contribution >= 0.6 is 0 Å². The number of likely N-dealkylation sites (tertiary alicyclic amines) is 2. The summed E-state index contributed by atoms with van der Waals surface area (Å²) in [5, 5.41) is 14.2. The summed E-state index contributed by atoms with van der Waals surface area (Å²) < 4.78 is 69.7. The minimum atomic E-state index is -5.08. The first kappa shape index (κ1) is 32.1. The lowest BCUT2D eigenvalue weighted by molar-refractivity contribution is -0.193. The zero-order valence-electron chi connectivity index (χ0n) is 20.9. The number of morpholine rings is 1. The van der Waals surface area contributed by atoms with E-state index in [1.807, 2.05) is 28.1 Å². The Bertz CT molecular complexity index is 925. The Morgan fingerprint density at radius 1 is 0.872 bits per heavy atom. The molecule has 0 bridgehead atoms. The van der Waals surface area contributed by atoms with Crippen molar-refractivity contribution in [1.82, 2.24) is 19.7 Å². The maximum absolute atomic E-state index is 12.6. The van der Waals surface area contributed by atoms with Gasteiger partial charge in [0.2, 0.25) is 0 Å². The lowest BCUT2D eigenvalue weighted by atomic mass is 9.89. The predicted octanol–water partition coefficient (Wildman–Crippen LogP) is 3.23. The molecule has 220 valence electrons. The van der Waals surface area contributed by atoms with Gasteiger partial charge in [0.15, 0.2) is 0 Å². The second-order valence-electron chi connectivity index (χ2n) is 9.13. The zero-order valence-corrected chi connectivity index (χ0v) is 20.9. The van der Waals surface area contributed by atoms with E-state index in [4.69, 9.17) is 24.5 Å². The number of alkyl halides is 6. The molecule has 3 aliphatic rings. The minimum Gasteiger partial charge on any atom is -0.475 e. The summed E-state index contributed by atoms with van der Waals surface area (Å²) in [6.45, 7) is 7.02. The lowest BCUT2D eigenvalue weighted by Crippen LogP contribution is -2.58. The SMILES string of the molecule is O=C(N1CCCC1)N1CCC2(CC1)CN(Cc1ccccn1)CCO2.O=C(O)C(F)(F)F.O=C(O)C(F)(F)F. The van der Waals surface area contributed by atoms with Crippen molar-refractivity contribution in [3.8, 4) is 0 Å². The molecule has 2 N–H and O–H groups in total. The van der Waals surface area contributed by atoms with Crippen LogP contribution in [0, 0.1) is 0 Å². The number of piperidine rings is 1. The van der Waals surface area contributed by atoms with Crippen molar-refractivity contribution < 1.29 is 55.7 Å². The van der Waals surface area contributed by atoms with E-state index in [-0.39, 0.29) is 11.6 Å². The Kier molecular flexibility index (Phi) is 11.3. The summed E-state index contributed by atoms with van der Waals surface area (Å²) in [5.41, 5.74) is 1.02. The number of pyridine rings is 1. The van der Waals surface area contributed by atoms with Crippen molar-refractivity contribution in [3.05, 3.63) is 30.1 Å². The fourth-order valence-corrected chi connectivity index (χ4v) is 4.30. The first-order valence-corrected chi connectivity index (χ1v) is 12.0. The van der Waals surface area contributed by atoms with E-state index in [2.05, 4.69) is 16.0 Å². The van der Waals surface area contributed by atoms with E-state index in [0.717, 1.165) is 83.8 Å². The molecule has 3 fully saturated rings. The number of nitrogens with zero attached hydrogens (tertiary/aromatic N) is 4. The minimum absolute atomic E-state index is 0.0885. The van der Waals surface area contributed by atoms with Gasteiger partial charge in [0.05, 0.1) is 17.9 Å². The van der Waals surface area contributed by atoms with Crippen LogP contribution in [-0.2, 0) is 20.9 Å². The molecule has 1 aromatic heterocycles. The zero-order chi connectivity index (χ0) is 29.3. The summed E-state index contributed by atoms with van der Waals surface area (Å²) in [7, 11) is 0. The average Bonchev–Trinajstić information content (AvgIpc) is 3.40. The molecule has 1 aromatic rings. The number of rotatable bonds is 2. The maximum Gasteiger partial charge on any atom is 0.490 e. The number of amides is 2. The third-order valence-corrected chi connectivity index (χ3v) is 6.25. The van der Waals surface area contributed by atoms with Gasteiger partial charge in [-0.25, -0.2) is 14.4 Å². The molecule has 3 saturated heterocycles. The molecule has 39 heavy (non-hydrogen) atoms. The highest BCUT2D eigenvalue weighted by molar-refractivity contribution is 5.75. The van der Waals surface area contributed by atoms with E-state index < -0.39 is 24.3 Å². The standard InChI is InChI=1S/C19H28N4O2.2C2HF3O2/c24-18(22-9-3-4-10-22)23-11-6-19(7-12-23)16-21(13-14-25-19)15-17-5-1-2-8-20-17;2*3-2(4,5)1(6)7/h1-2,5,8H,3-4,6-7,9-16H2;2*(H,6,7). The van der Waals surface area contributed by atoms with Crippen LogP contribution in [0.2, 0.25) is 0 Å². The van der Waals surface area contributed by atoms with Crippen LogP contribution in [-0.4, -0.2) is 112 Å². The van der Waals surface area contributed by atoms with Crippen LogP contribution in [0.5, 0.6) is 0 Å². The van der Waals surface area contributed by atoms with Gasteiger partial charge in [0.25, 0.3) is 0 Å². The van der Waals surface area contributed by atoms with Crippen LogP contribution in [0.1, 0.15) is 31.4 Å². The number of ether oxygens (including phenoxy) is 1. The molecule has 0 aliphatic carbocycles. The molecular weight excluding hydrogens is 542 g/mol. The van der Waals surface area contributed by atoms with Gasteiger partial charge in [-0.05, 0) is 37.8 Å². The van der Waals surface area contributed by atoms with Crippen molar-refractivity contribution in [2.45, 2.75) is 50.2 Å². The van der Waals surface area contributed by atoms with Crippen molar-refractivity contribution >= 4 is 18.0 Å². The largest absolute Gasteiger partial charge is 0.490 e. The average molecular weight is 573 g/mol. The topological polar surface area (TPSA) is 124 Å². The molecule has 2 amide bonds. The highest BCUT2D eigenvalue weighted by Crippen LogP contribution is 2.31. The number of hydrogen-bond acceptors (Lipinski definition) is 6. The lowest BCUT2D eigenvalue weighted by Gasteiger charge is -2.47. The molecule has 10 nitrogen and oxygen atoms in total. The van der Waals surface area contributed by atoms with Crippen molar-refractivity contribution in [2.75, 3.05) is 45.9 Å². The van der Waals surface area contributed by atoms with Crippen LogP contribution in [0.15, 0.2) is 24.4 Å². The van der Waals surface area contributed by atoms with Gasteiger partial charge in [0.1, 0.15) is 0 Å². The fraction of sp³-hybridized carbons (Fsp3) is 0.652. The quantitative estimate of drug-likeness (QED) is 0.518. The normalized spacial score (nSPS) is 19.4. The van der Waals surface area contributed by atoms with Crippen LogP contribution in [0.3, 0.4) is 0 Å². The Balaban J connectivity index is 0.000000317. The van der Waals surface area contributed by atoms with Crippen molar-refractivity contribution in [2.24, 2.45) is 0 Å². The van der Waals surface area contributed by atoms with Crippen molar-refractivity contribution in [1.29, 1.82) is 0 Å². The van der Waals surface area contributed by atoms with Crippen molar-refractivity contribution in [3.63, 3.8) is 0 Å². The second kappa shape index (κ2) is 13.8. The smallest absolute Gasteiger partial charge is 0.475 e. The Morgan fingerprint density at radius 2 is 1.38 bits per heavy atom. The highest BCUT2D eigenvalue weighted by Gasteiger charge is 2.41. The van der Waals surface area contributed by atoms with E-state index in [1.54, 1.807) is 0 Å². The number of carbonyl (C=O) groups is 3. The molecule has 3 aliphatic heterocycles. The molecule has 0 aromatic carbocycles. The monoisotopic (exact) mass is 572 g/mol. The molecule has 16 heteroatoms. The van der Waals surface area contributed by atoms with Gasteiger partial charge < -0.3 is 24.7 Å². The van der Waals surface area contributed by atoms with Gasteiger partial charge in [-0.3, -0.25) is 9.88 Å². The Labute approximate surface area is 220 Å². The maximum atomic E-state index is 12.6. The molecule has 0 saturated carbocycles. The number of carboxylic acid groups (broad SMARTS) is 2. The second-order valence-corrected chi connectivity index (χ2v) is 9.13. The number of halogens is 6. The molecule has 4 heterocycles. The van der Waals surface area contributed by atoms with Crippen LogP contribution in [0.4, 0.5) is 31.1 Å². The fourth-order valence-electron chi connectivity index (χ4n) is 4.30. The first-order valence-electron chi connectivity index (χ1n) is 12.0. The number of urea groups is 1. The summed E-state index contributed by atoms with van der Waals surface area (Å²) in [6, 6.07) is 6.31. The third-order valence-electron chi connectivity index (χ3n) is 6.25. The highest BCUT2D eigenvalue weighted by atomic mass is 19.4. The number of aromatic nitrogens is 1. The van der Waals surface area contributed by atoms with Gasteiger partial charge in [-0.2, -0.15) is 26.3 Å². The number of carbonyl (C=O) groups excluding carboxylic acids is 1. The van der Waals surface area contributed by atoms with Crippen LogP contribution < -0.4 is 0 Å². The van der Waals surface area contributed by atoms with Gasteiger partial charge in [0, 0.05) is 52.0 Å². The predicted molar refractivity (Wildman–Crippen MR) is 123 cm³/mol. The summed E-state index contributed by atoms with van der Waals surface area (Å²) >= 11 is 0. The summed E-state index contributed by atoms with van der Waals surface area (Å²) in [5.74, 6) is -5.51. The first-order chi connectivity index (χ1) is 18.1. The Morgan fingerprint density at radius 3 is 1.85 bits per heavy atom. The molecule has 4 rings (SSSR count). The van der Waals surface area contributed by atoms with Gasteiger partial charge >= 0.3 is 30.3 Å². The number of aliphatic carboxylic acids is 2. The molecular formula is C23H30F6N4O6.